The normalized spacial score (nSPS) is 17.9. The molecule has 210 valence electrons. The summed E-state index contributed by atoms with van der Waals surface area (Å²) in [4.78, 5) is 0.106. The van der Waals surface area contributed by atoms with Gasteiger partial charge in [0, 0.05) is 37.1 Å². The van der Waals surface area contributed by atoms with E-state index in [9.17, 15) is 21.6 Å². The lowest BCUT2D eigenvalue weighted by Gasteiger charge is -2.32. The number of ether oxygens (including phenoxy) is 3. The summed E-state index contributed by atoms with van der Waals surface area (Å²) < 4.78 is 81.6. The molecule has 3 aromatic rings. The van der Waals surface area contributed by atoms with Crippen molar-refractivity contribution in [1.29, 1.82) is 0 Å². The molecule has 1 aliphatic rings. The molecule has 0 amide bonds. The second kappa shape index (κ2) is 11.8. The van der Waals surface area contributed by atoms with E-state index in [1.807, 2.05) is 6.07 Å². The number of hydrogen-bond acceptors (Lipinski definition) is 7. The lowest BCUT2D eigenvalue weighted by atomic mass is 10.0. The number of aromatic nitrogens is 1. The topological polar surface area (TPSA) is 90.8 Å². The van der Waals surface area contributed by atoms with Gasteiger partial charge in [-0.3, -0.25) is 0 Å². The Kier molecular flexibility index (Phi) is 8.64. The van der Waals surface area contributed by atoms with Gasteiger partial charge < -0.3 is 29.4 Å². The largest absolute Gasteiger partial charge is 0.495 e. The highest BCUT2D eigenvalue weighted by Gasteiger charge is 2.30. The first-order valence-electron chi connectivity index (χ1n) is 12.2. The molecule has 0 unspecified atom stereocenters. The molecule has 39 heavy (non-hydrogen) atoms. The molecule has 0 spiro atoms. The van der Waals surface area contributed by atoms with Gasteiger partial charge >= 0.3 is 6.18 Å². The number of hydrogen-bond donors (Lipinski definition) is 2. The highest BCUT2D eigenvalue weighted by atomic mass is 32.2. The van der Waals surface area contributed by atoms with Crippen molar-refractivity contribution in [1.82, 2.24) is 4.57 Å². The van der Waals surface area contributed by atoms with Crippen LogP contribution in [0.15, 0.2) is 47.4 Å². The molecule has 0 aliphatic carbocycles. The van der Waals surface area contributed by atoms with Gasteiger partial charge in [-0.25, -0.2) is 8.42 Å². The lowest BCUT2D eigenvalue weighted by Crippen LogP contribution is -2.43. The molecule has 0 bridgehead atoms. The Labute approximate surface area is 225 Å². The van der Waals surface area contributed by atoms with Crippen LogP contribution in [-0.4, -0.2) is 71.5 Å². The van der Waals surface area contributed by atoms with Gasteiger partial charge in [0.05, 0.1) is 48.1 Å². The van der Waals surface area contributed by atoms with Crippen LogP contribution in [0.25, 0.3) is 10.9 Å². The quantitative estimate of drug-likeness (QED) is 0.394. The van der Waals surface area contributed by atoms with Crippen LogP contribution in [0.1, 0.15) is 12.1 Å². The lowest BCUT2D eigenvalue weighted by molar-refractivity contribution is -0.140. The Morgan fingerprint density at radius 3 is 2.64 bits per heavy atom. The number of benzene rings is 2. The molecule has 2 N–H and O–H groups in total. The minimum absolute atomic E-state index is 0.0527. The third-order valence-corrected chi connectivity index (χ3v) is 7.53. The zero-order valence-electron chi connectivity index (χ0n) is 21.8. The molecule has 2 heterocycles. The number of fused-ring (bicyclic) bond motifs is 1. The molecular weight excluding hydrogens is 535 g/mol. The maximum Gasteiger partial charge on any atom is 0.406 e. The molecule has 8 nitrogen and oxygen atoms in total. The summed E-state index contributed by atoms with van der Waals surface area (Å²) in [6, 6.07) is 11.2. The van der Waals surface area contributed by atoms with Crippen LogP contribution in [0.3, 0.4) is 0 Å². The maximum absolute atomic E-state index is 13.5. The van der Waals surface area contributed by atoms with Crippen molar-refractivity contribution in [2.24, 2.45) is 0 Å². The second-order valence-electron chi connectivity index (χ2n) is 9.15. The summed E-state index contributed by atoms with van der Waals surface area (Å²) in [5, 5.41) is 7.08. The monoisotopic (exact) mass is 565 g/mol. The second-order valence-corrected chi connectivity index (χ2v) is 11.2. The van der Waals surface area contributed by atoms with Crippen LogP contribution in [0, 0.1) is 11.8 Å². The van der Waals surface area contributed by atoms with Crippen LogP contribution in [0.4, 0.5) is 24.5 Å². The SMILES string of the molecule is COc1cc(S(C)(=O)=O)ccc1NCC#Cc1cc2c(N[C@H]3CCOC[C@H]3OC)cccc2n1CC(F)(F)F. The molecule has 1 aliphatic heterocycles. The summed E-state index contributed by atoms with van der Waals surface area (Å²) in [6.45, 7) is -0.0975. The third-order valence-electron chi connectivity index (χ3n) is 6.42. The smallest absolute Gasteiger partial charge is 0.406 e. The molecule has 12 heteroatoms. The Hall–Kier alpha value is -3.40. The van der Waals surface area contributed by atoms with Crippen molar-refractivity contribution in [2.75, 3.05) is 50.9 Å². The van der Waals surface area contributed by atoms with E-state index >= 15 is 0 Å². The molecule has 1 saturated heterocycles. The first-order valence-corrected chi connectivity index (χ1v) is 14.1. The fourth-order valence-electron chi connectivity index (χ4n) is 4.49. The van der Waals surface area contributed by atoms with E-state index in [-0.39, 0.29) is 29.3 Å². The molecular formula is C27H30F3N3O5S. The van der Waals surface area contributed by atoms with Crippen molar-refractivity contribution in [3.8, 4) is 17.6 Å². The van der Waals surface area contributed by atoms with Crippen LogP contribution in [0.2, 0.25) is 0 Å². The van der Waals surface area contributed by atoms with Gasteiger partial charge in [0.15, 0.2) is 9.84 Å². The average Bonchev–Trinajstić information content (AvgIpc) is 3.23. The van der Waals surface area contributed by atoms with E-state index in [1.54, 1.807) is 31.4 Å². The summed E-state index contributed by atoms with van der Waals surface area (Å²) in [5.74, 6) is 6.04. The maximum atomic E-state index is 13.5. The zero-order valence-corrected chi connectivity index (χ0v) is 22.6. The highest BCUT2D eigenvalue weighted by Crippen LogP contribution is 2.32. The molecule has 4 rings (SSSR count). The number of anilines is 2. The van der Waals surface area contributed by atoms with Crippen molar-refractivity contribution < 1.29 is 35.8 Å². The van der Waals surface area contributed by atoms with Gasteiger partial charge in [0.2, 0.25) is 0 Å². The van der Waals surface area contributed by atoms with E-state index in [1.165, 1.54) is 19.2 Å². The molecule has 2 aromatic carbocycles. The summed E-state index contributed by atoms with van der Waals surface area (Å²) in [6.07, 6.45) is -2.83. The molecule has 0 saturated carbocycles. The van der Waals surface area contributed by atoms with Crippen molar-refractivity contribution >= 4 is 32.1 Å². The Balaban J connectivity index is 1.62. The number of sulfone groups is 1. The zero-order chi connectivity index (χ0) is 28.2. The number of rotatable bonds is 8. The number of alkyl halides is 3. The van der Waals surface area contributed by atoms with Gasteiger partial charge in [-0.05, 0) is 42.7 Å². The van der Waals surface area contributed by atoms with Gasteiger partial charge in [-0.1, -0.05) is 12.0 Å². The van der Waals surface area contributed by atoms with Crippen molar-refractivity contribution in [3.63, 3.8) is 0 Å². The van der Waals surface area contributed by atoms with E-state index < -0.39 is 22.6 Å². The molecule has 2 atom stereocenters. The predicted molar refractivity (Wildman–Crippen MR) is 143 cm³/mol. The molecule has 1 fully saturated rings. The molecule has 1 aromatic heterocycles. The minimum Gasteiger partial charge on any atom is -0.495 e. The van der Waals surface area contributed by atoms with Crippen LogP contribution >= 0.6 is 0 Å². The van der Waals surface area contributed by atoms with Gasteiger partial charge in [0.1, 0.15) is 18.4 Å². The van der Waals surface area contributed by atoms with Crippen LogP contribution < -0.4 is 15.4 Å². The highest BCUT2D eigenvalue weighted by molar-refractivity contribution is 7.90. The Morgan fingerprint density at radius 1 is 1.15 bits per heavy atom. The van der Waals surface area contributed by atoms with E-state index in [4.69, 9.17) is 14.2 Å². The summed E-state index contributed by atoms with van der Waals surface area (Å²) >= 11 is 0. The fraction of sp³-hybridized carbons (Fsp3) is 0.407. The third kappa shape index (κ3) is 6.98. The van der Waals surface area contributed by atoms with Crippen LogP contribution in [-0.2, 0) is 25.9 Å². The Bertz CT molecular complexity index is 1490. The average molecular weight is 566 g/mol. The fourth-order valence-corrected chi connectivity index (χ4v) is 5.13. The van der Waals surface area contributed by atoms with Crippen molar-refractivity contribution in [3.05, 3.63) is 48.2 Å². The number of methoxy groups -OCH3 is 2. The number of halogens is 3. The van der Waals surface area contributed by atoms with Crippen LogP contribution in [0.5, 0.6) is 5.75 Å². The summed E-state index contributed by atoms with van der Waals surface area (Å²) in [7, 11) is -0.398. The van der Waals surface area contributed by atoms with Gasteiger partial charge in [0.25, 0.3) is 0 Å². The molecule has 0 radical (unpaired) electrons. The van der Waals surface area contributed by atoms with E-state index in [2.05, 4.69) is 22.5 Å². The number of nitrogens with one attached hydrogen (secondary N) is 2. The predicted octanol–water partition coefficient (Wildman–Crippen LogP) is 4.30. The van der Waals surface area contributed by atoms with E-state index in [0.29, 0.717) is 47.7 Å². The van der Waals surface area contributed by atoms with Gasteiger partial charge in [-0.15, -0.1) is 0 Å². The Morgan fingerprint density at radius 2 is 1.95 bits per heavy atom. The number of nitrogens with zero attached hydrogens (tertiary/aromatic N) is 1. The van der Waals surface area contributed by atoms with Gasteiger partial charge in [-0.2, -0.15) is 13.2 Å². The standard InChI is InChI=1S/C27H30F3N3O5S/c1-36-25-15-19(39(3,34)35)9-10-22(25)31-12-5-6-18-14-20-21(32-23-11-13-38-16-26(23)37-2)7-4-8-24(20)33(18)17-27(28,29)30/h4,7-10,14-15,23,26,31-32H,11-13,16-17H2,1-3H3/t23-,26+/m0/s1. The van der Waals surface area contributed by atoms with Crippen molar-refractivity contribution in [2.45, 2.75) is 36.2 Å². The first kappa shape index (κ1) is 28.6. The first-order chi connectivity index (χ1) is 18.5. The summed E-state index contributed by atoms with van der Waals surface area (Å²) in [5.41, 5.74) is 1.83. The van der Waals surface area contributed by atoms with E-state index in [0.717, 1.165) is 10.8 Å². The minimum atomic E-state index is -4.44.